The number of hydrogen-bond acceptors (Lipinski definition) is 4. The molecule has 0 bridgehead atoms. The van der Waals surface area contributed by atoms with E-state index in [1.165, 1.54) is 6.07 Å². The number of nitriles is 2. The first kappa shape index (κ1) is 14.1. The smallest absolute Gasteiger partial charge is 0.335 e. The van der Waals surface area contributed by atoms with Crippen molar-refractivity contribution in [3.05, 3.63) is 58.7 Å². The lowest BCUT2D eigenvalue weighted by Gasteiger charge is -2.11. The van der Waals surface area contributed by atoms with Crippen molar-refractivity contribution in [3.63, 3.8) is 0 Å². The summed E-state index contributed by atoms with van der Waals surface area (Å²) in [6.07, 6.45) is 0. The summed E-state index contributed by atoms with van der Waals surface area (Å²) in [7, 11) is 0. The molecule has 0 saturated carbocycles. The van der Waals surface area contributed by atoms with Crippen LogP contribution in [0.5, 0.6) is 0 Å². The molecule has 0 atom stereocenters. The van der Waals surface area contributed by atoms with Crippen LogP contribution in [0.1, 0.15) is 27.0 Å². The van der Waals surface area contributed by atoms with E-state index in [-0.39, 0.29) is 5.56 Å². The molecular formula is C16H11N3O2. The third kappa shape index (κ3) is 2.99. The minimum atomic E-state index is -0.977. The van der Waals surface area contributed by atoms with Gasteiger partial charge in [-0.1, -0.05) is 0 Å². The summed E-state index contributed by atoms with van der Waals surface area (Å²) in [6, 6.07) is 13.5. The molecule has 0 spiro atoms. The summed E-state index contributed by atoms with van der Waals surface area (Å²) < 4.78 is 0. The first-order valence-corrected chi connectivity index (χ1v) is 6.10. The summed E-state index contributed by atoms with van der Waals surface area (Å²) in [4.78, 5) is 10.9. The lowest BCUT2D eigenvalue weighted by atomic mass is 10.1. The van der Waals surface area contributed by atoms with Crippen LogP contribution in [0.15, 0.2) is 36.4 Å². The molecule has 0 amide bonds. The Hall–Kier alpha value is -3.31. The molecule has 21 heavy (non-hydrogen) atoms. The summed E-state index contributed by atoms with van der Waals surface area (Å²) in [5, 5.41) is 29.9. The standard InChI is InChI=1S/C16H11N3O2/c1-10-6-11(16(20)21)3-5-15(10)19-14-4-2-12(8-17)13(7-14)9-18/h2-7,19H,1H3,(H,20,21). The fraction of sp³-hybridized carbons (Fsp3) is 0.0625. The predicted octanol–water partition coefficient (Wildman–Crippen LogP) is 3.18. The van der Waals surface area contributed by atoms with Crippen LogP contribution in [0.25, 0.3) is 0 Å². The second-order valence-electron chi connectivity index (χ2n) is 4.44. The van der Waals surface area contributed by atoms with Gasteiger partial charge >= 0.3 is 5.97 Å². The molecule has 0 unspecified atom stereocenters. The van der Waals surface area contributed by atoms with Gasteiger partial charge in [-0.15, -0.1) is 0 Å². The molecule has 0 radical (unpaired) electrons. The van der Waals surface area contributed by atoms with Gasteiger partial charge in [-0.2, -0.15) is 10.5 Å². The second-order valence-corrected chi connectivity index (χ2v) is 4.44. The Morgan fingerprint density at radius 2 is 1.81 bits per heavy atom. The molecule has 2 N–H and O–H groups in total. The Bertz CT molecular complexity index is 798. The molecule has 5 heteroatoms. The molecule has 0 aliphatic rings. The van der Waals surface area contributed by atoms with E-state index in [4.69, 9.17) is 15.6 Å². The summed E-state index contributed by atoms with van der Waals surface area (Å²) in [5.41, 5.74) is 3.02. The lowest BCUT2D eigenvalue weighted by Crippen LogP contribution is -1.99. The van der Waals surface area contributed by atoms with Gasteiger partial charge in [-0.05, 0) is 48.9 Å². The number of hydrogen-bond donors (Lipinski definition) is 2. The molecule has 2 aromatic carbocycles. The minimum absolute atomic E-state index is 0.218. The SMILES string of the molecule is Cc1cc(C(=O)O)ccc1Nc1ccc(C#N)c(C#N)c1. The first-order chi connectivity index (χ1) is 10.0. The third-order valence-electron chi connectivity index (χ3n) is 3.01. The van der Waals surface area contributed by atoms with E-state index in [2.05, 4.69) is 5.32 Å². The van der Waals surface area contributed by atoms with Crippen LogP contribution in [0.4, 0.5) is 11.4 Å². The number of nitrogens with one attached hydrogen (secondary N) is 1. The molecule has 0 aliphatic carbocycles. The van der Waals surface area contributed by atoms with Crippen molar-refractivity contribution in [2.45, 2.75) is 6.92 Å². The zero-order valence-electron chi connectivity index (χ0n) is 11.2. The fourth-order valence-electron chi connectivity index (χ4n) is 1.90. The van der Waals surface area contributed by atoms with Crippen LogP contribution >= 0.6 is 0 Å². The quantitative estimate of drug-likeness (QED) is 0.898. The van der Waals surface area contributed by atoms with Crippen LogP contribution in [0.2, 0.25) is 0 Å². The Morgan fingerprint density at radius 3 is 2.38 bits per heavy atom. The van der Waals surface area contributed by atoms with Crippen molar-refractivity contribution in [2.24, 2.45) is 0 Å². The molecule has 0 fully saturated rings. The van der Waals surface area contributed by atoms with Gasteiger partial charge in [-0.3, -0.25) is 0 Å². The number of aryl methyl sites for hydroxylation is 1. The lowest BCUT2D eigenvalue weighted by molar-refractivity contribution is 0.0697. The number of benzene rings is 2. The summed E-state index contributed by atoms with van der Waals surface area (Å²) in [5.74, 6) is -0.977. The number of rotatable bonds is 3. The number of anilines is 2. The first-order valence-electron chi connectivity index (χ1n) is 6.10. The number of carboxylic acid groups (broad SMARTS) is 1. The van der Waals surface area contributed by atoms with Gasteiger partial charge < -0.3 is 10.4 Å². The van der Waals surface area contributed by atoms with Crippen molar-refractivity contribution in [1.82, 2.24) is 0 Å². The zero-order valence-corrected chi connectivity index (χ0v) is 11.2. The third-order valence-corrected chi connectivity index (χ3v) is 3.01. The molecular weight excluding hydrogens is 266 g/mol. The summed E-state index contributed by atoms with van der Waals surface area (Å²) >= 11 is 0. The maximum Gasteiger partial charge on any atom is 0.335 e. The number of aromatic carboxylic acids is 1. The maximum atomic E-state index is 10.9. The van der Waals surface area contributed by atoms with Gasteiger partial charge in [0.1, 0.15) is 12.1 Å². The predicted molar refractivity (Wildman–Crippen MR) is 77.3 cm³/mol. The van der Waals surface area contributed by atoms with Crippen LogP contribution in [-0.2, 0) is 0 Å². The highest BCUT2D eigenvalue weighted by Gasteiger charge is 2.07. The van der Waals surface area contributed by atoms with Crippen LogP contribution in [0.3, 0.4) is 0 Å². The van der Waals surface area contributed by atoms with Gasteiger partial charge in [-0.25, -0.2) is 4.79 Å². The van der Waals surface area contributed by atoms with Crippen LogP contribution < -0.4 is 5.32 Å². The van der Waals surface area contributed by atoms with E-state index in [0.717, 1.165) is 11.3 Å². The highest BCUT2D eigenvalue weighted by Crippen LogP contribution is 2.23. The van der Waals surface area contributed by atoms with E-state index in [9.17, 15) is 4.79 Å². The van der Waals surface area contributed by atoms with Crippen molar-refractivity contribution >= 4 is 17.3 Å². The normalized spacial score (nSPS) is 9.48. The Kier molecular flexibility index (Phi) is 3.87. The Balaban J connectivity index is 2.33. The molecule has 2 aromatic rings. The Labute approximate surface area is 121 Å². The number of nitrogens with zero attached hydrogens (tertiary/aromatic N) is 2. The van der Waals surface area contributed by atoms with Crippen molar-refractivity contribution in [2.75, 3.05) is 5.32 Å². The minimum Gasteiger partial charge on any atom is -0.478 e. The van der Waals surface area contributed by atoms with Crippen LogP contribution in [-0.4, -0.2) is 11.1 Å². The van der Waals surface area contributed by atoms with Crippen molar-refractivity contribution in [1.29, 1.82) is 10.5 Å². The molecule has 0 saturated heterocycles. The average Bonchev–Trinajstić information content (AvgIpc) is 2.48. The highest BCUT2D eigenvalue weighted by molar-refractivity contribution is 5.88. The largest absolute Gasteiger partial charge is 0.478 e. The molecule has 0 heterocycles. The second kappa shape index (κ2) is 5.77. The molecule has 0 aromatic heterocycles. The van der Waals surface area contributed by atoms with Gasteiger partial charge in [0, 0.05) is 11.4 Å². The molecule has 5 nitrogen and oxygen atoms in total. The van der Waals surface area contributed by atoms with E-state index < -0.39 is 5.97 Å². The van der Waals surface area contributed by atoms with Crippen LogP contribution in [0, 0.1) is 29.6 Å². The van der Waals surface area contributed by atoms with Crippen molar-refractivity contribution in [3.8, 4) is 12.1 Å². The zero-order chi connectivity index (χ0) is 15.4. The van der Waals surface area contributed by atoms with Crippen molar-refractivity contribution < 1.29 is 9.90 Å². The number of carbonyl (C=O) groups is 1. The summed E-state index contributed by atoms with van der Waals surface area (Å²) in [6.45, 7) is 1.80. The van der Waals surface area contributed by atoms with Gasteiger partial charge in [0.15, 0.2) is 0 Å². The monoisotopic (exact) mass is 277 g/mol. The highest BCUT2D eigenvalue weighted by atomic mass is 16.4. The van der Waals surface area contributed by atoms with E-state index in [1.54, 1.807) is 37.3 Å². The van der Waals surface area contributed by atoms with E-state index in [0.29, 0.717) is 16.8 Å². The van der Waals surface area contributed by atoms with Gasteiger partial charge in [0.05, 0.1) is 16.7 Å². The van der Waals surface area contributed by atoms with Gasteiger partial charge in [0.2, 0.25) is 0 Å². The van der Waals surface area contributed by atoms with Gasteiger partial charge in [0.25, 0.3) is 0 Å². The molecule has 2 rings (SSSR count). The van der Waals surface area contributed by atoms with E-state index >= 15 is 0 Å². The number of carboxylic acids is 1. The molecule has 0 aliphatic heterocycles. The Morgan fingerprint density at radius 1 is 1.10 bits per heavy atom. The molecule has 102 valence electrons. The fourth-order valence-corrected chi connectivity index (χ4v) is 1.90. The topological polar surface area (TPSA) is 96.9 Å². The van der Waals surface area contributed by atoms with E-state index in [1.807, 2.05) is 12.1 Å². The average molecular weight is 277 g/mol. The maximum absolute atomic E-state index is 10.9.